The molecule has 0 aliphatic heterocycles. The number of aldehydes is 1. The summed E-state index contributed by atoms with van der Waals surface area (Å²) in [5, 5.41) is 4.22. The lowest BCUT2D eigenvalue weighted by Crippen LogP contribution is -2.00. The van der Waals surface area contributed by atoms with Gasteiger partial charge in [-0.25, -0.2) is 8.78 Å². The first-order valence-electron chi connectivity index (χ1n) is 5.52. The van der Waals surface area contributed by atoms with Crippen LogP contribution in [0.15, 0.2) is 24.4 Å². The highest BCUT2D eigenvalue weighted by Gasteiger charge is 2.13. The normalized spacial score (nSPS) is 10.9. The molecule has 94 valence electrons. The van der Waals surface area contributed by atoms with Gasteiger partial charge in [0.05, 0.1) is 5.56 Å². The number of hydrogen-bond donors (Lipinski definition) is 0. The molecule has 3 nitrogen and oxygen atoms in total. The highest BCUT2D eigenvalue weighted by molar-refractivity contribution is 5.85. The molecule has 0 saturated carbocycles. The zero-order valence-electron chi connectivity index (χ0n) is 10.0. The quantitative estimate of drug-likeness (QED) is 0.784. The third kappa shape index (κ3) is 2.16. The lowest BCUT2D eigenvalue weighted by molar-refractivity contribution is 0.112. The third-order valence-electron chi connectivity index (χ3n) is 2.61. The van der Waals surface area contributed by atoms with E-state index < -0.39 is 11.6 Å². The average molecular weight is 250 g/mol. The van der Waals surface area contributed by atoms with E-state index in [4.69, 9.17) is 0 Å². The Balaban J connectivity index is 2.55. The molecule has 2 rings (SSSR count). The second kappa shape index (κ2) is 4.68. The molecule has 0 amide bonds. The monoisotopic (exact) mass is 250 g/mol. The average Bonchev–Trinajstić information content (AvgIpc) is 2.77. The minimum Gasteiger partial charge on any atom is -0.298 e. The van der Waals surface area contributed by atoms with Crippen molar-refractivity contribution in [3.63, 3.8) is 0 Å². The van der Waals surface area contributed by atoms with Crippen molar-refractivity contribution < 1.29 is 13.6 Å². The molecular weight excluding hydrogens is 238 g/mol. The summed E-state index contributed by atoms with van der Waals surface area (Å²) in [4.78, 5) is 11.0. The number of carbonyl (C=O) groups is 1. The SMILES string of the molecule is CC(C)n1cc(C=O)c(-c2ccc(F)c(F)c2)n1. The maximum atomic E-state index is 13.2. The van der Waals surface area contributed by atoms with Gasteiger partial charge in [0, 0.05) is 17.8 Å². The summed E-state index contributed by atoms with van der Waals surface area (Å²) in [6.45, 7) is 3.83. The van der Waals surface area contributed by atoms with Crippen molar-refractivity contribution in [3.8, 4) is 11.3 Å². The van der Waals surface area contributed by atoms with Crippen molar-refractivity contribution >= 4 is 6.29 Å². The molecule has 0 spiro atoms. The predicted molar refractivity (Wildman–Crippen MR) is 63.4 cm³/mol. The number of carbonyl (C=O) groups excluding carboxylic acids is 1. The van der Waals surface area contributed by atoms with Gasteiger partial charge in [-0.1, -0.05) is 0 Å². The summed E-state index contributed by atoms with van der Waals surface area (Å²) in [5.74, 6) is -1.88. The number of rotatable bonds is 3. The molecule has 2 aromatic rings. The Morgan fingerprint density at radius 3 is 2.56 bits per heavy atom. The molecule has 0 fully saturated rings. The first kappa shape index (κ1) is 12.4. The van der Waals surface area contributed by atoms with Gasteiger partial charge in [0.25, 0.3) is 0 Å². The molecule has 5 heteroatoms. The Labute approximate surface area is 103 Å². The van der Waals surface area contributed by atoms with Crippen LogP contribution in [0.4, 0.5) is 8.78 Å². The van der Waals surface area contributed by atoms with E-state index in [9.17, 15) is 13.6 Å². The van der Waals surface area contributed by atoms with Crippen LogP contribution in [0, 0.1) is 11.6 Å². The van der Waals surface area contributed by atoms with Gasteiger partial charge < -0.3 is 0 Å². The number of nitrogens with zero attached hydrogens (tertiary/aromatic N) is 2. The van der Waals surface area contributed by atoms with Crippen molar-refractivity contribution in [2.45, 2.75) is 19.9 Å². The molecule has 0 bridgehead atoms. The van der Waals surface area contributed by atoms with Gasteiger partial charge in [-0.15, -0.1) is 0 Å². The summed E-state index contributed by atoms with van der Waals surface area (Å²) >= 11 is 0. The Hall–Kier alpha value is -2.04. The van der Waals surface area contributed by atoms with Gasteiger partial charge in [-0.05, 0) is 32.0 Å². The number of benzene rings is 1. The van der Waals surface area contributed by atoms with E-state index in [0.29, 0.717) is 23.1 Å². The molecule has 0 saturated heterocycles. The highest BCUT2D eigenvalue weighted by Crippen LogP contribution is 2.24. The molecule has 1 aromatic heterocycles. The number of halogens is 2. The maximum absolute atomic E-state index is 13.2. The molecule has 18 heavy (non-hydrogen) atoms. The minimum atomic E-state index is -0.955. The van der Waals surface area contributed by atoms with Crippen LogP contribution in [0.5, 0.6) is 0 Å². The van der Waals surface area contributed by atoms with Crippen LogP contribution in [0.2, 0.25) is 0 Å². The Morgan fingerprint density at radius 1 is 1.28 bits per heavy atom. The van der Waals surface area contributed by atoms with Gasteiger partial charge in [0.2, 0.25) is 0 Å². The van der Waals surface area contributed by atoms with Crippen molar-refractivity contribution in [2.75, 3.05) is 0 Å². The van der Waals surface area contributed by atoms with E-state index >= 15 is 0 Å². The Morgan fingerprint density at radius 2 is 2.00 bits per heavy atom. The fraction of sp³-hybridized carbons (Fsp3) is 0.231. The molecule has 1 aromatic carbocycles. The lowest BCUT2D eigenvalue weighted by atomic mass is 10.1. The van der Waals surface area contributed by atoms with Crippen LogP contribution >= 0.6 is 0 Å². The molecular formula is C13H12F2N2O. The number of hydrogen-bond acceptors (Lipinski definition) is 2. The summed E-state index contributed by atoms with van der Waals surface area (Å²) < 4.78 is 27.6. The Kier molecular flexibility index (Phi) is 3.23. The molecule has 0 unspecified atom stereocenters. The summed E-state index contributed by atoms with van der Waals surface area (Å²) in [6, 6.07) is 3.55. The van der Waals surface area contributed by atoms with E-state index in [1.807, 2.05) is 13.8 Å². The van der Waals surface area contributed by atoms with Gasteiger partial charge in [0.1, 0.15) is 5.69 Å². The lowest BCUT2D eigenvalue weighted by Gasteiger charge is -2.03. The van der Waals surface area contributed by atoms with E-state index in [-0.39, 0.29) is 6.04 Å². The largest absolute Gasteiger partial charge is 0.298 e. The van der Waals surface area contributed by atoms with Crippen LogP contribution < -0.4 is 0 Å². The second-order valence-electron chi connectivity index (χ2n) is 4.25. The zero-order valence-corrected chi connectivity index (χ0v) is 10.0. The summed E-state index contributed by atoms with van der Waals surface area (Å²) in [5.41, 5.74) is 1.10. The fourth-order valence-corrected chi connectivity index (χ4v) is 1.62. The number of aromatic nitrogens is 2. The zero-order chi connectivity index (χ0) is 13.3. The highest BCUT2D eigenvalue weighted by atomic mass is 19.2. The standard InChI is InChI=1S/C13H12F2N2O/c1-8(2)17-6-10(7-18)13(16-17)9-3-4-11(14)12(15)5-9/h3-8H,1-2H3. The first-order chi connectivity index (χ1) is 8.52. The van der Waals surface area contributed by atoms with Crippen molar-refractivity contribution in [3.05, 3.63) is 41.6 Å². The van der Waals surface area contributed by atoms with Crippen LogP contribution in [0.25, 0.3) is 11.3 Å². The maximum Gasteiger partial charge on any atom is 0.159 e. The summed E-state index contributed by atoms with van der Waals surface area (Å²) in [6.07, 6.45) is 2.25. The topological polar surface area (TPSA) is 34.9 Å². The van der Waals surface area contributed by atoms with Crippen molar-refractivity contribution in [2.24, 2.45) is 0 Å². The van der Waals surface area contributed by atoms with Crippen LogP contribution in [-0.2, 0) is 0 Å². The van der Waals surface area contributed by atoms with Crippen LogP contribution in [-0.4, -0.2) is 16.1 Å². The molecule has 0 atom stereocenters. The molecule has 0 aliphatic carbocycles. The minimum absolute atomic E-state index is 0.0859. The van der Waals surface area contributed by atoms with Crippen LogP contribution in [0.1, 0.15) is 30.2 Å². The molecule has 0 aliphatic rings. The van der Waals surface area contributed by atoms with E-state index in [0.717, 1.165) is 12.1 Å². The van der Waals surface area contributed by atoms with E-state index in [1.54, 1.807) is 10.9 Å². The predicted octanol–water partition coefficient (Wildman–Crippen LogP) is 3.22. The summed E-state index contributed by atoms with van der Waals surface area (Å²) in [7, 11) is 0. The fourth-order valence-electron chi connectivity index (χ4n) is 1.62. The smallest absolute Gasteiger partial charge is 0.159 e. The molecule has 1 heterocycles. The second-order valence-corrected chi connectivity index (χ2v) is 4.25. The van der Waals surface area contributed by atoms with Gasteiger partial charge >= 0.3 is 0 Å². The van der Waals surface area contributed by atoms with Crippen molar-refractivity contribution in [1.29, 1.82) is 0 Å². The molecule has 0 N–H and O–H groups in total. The Bertz CT molecular complexity index is 591. The van der Waals surface area contributed by atoms with E-state index in [2.05, 4.69) is 5.10 Å². The third-order valence-corrected chi connectivity index (χ3v) is 2.61. The van der Waals surface area contributed by atoms with E-state index in [1.165, 1.54) is 6.07 Å². The molecule has 0 radical (unpaired) electrons. The van der Waals surface area contributed by atoms with Gasteiger partial charge in [0.15, 0.2) is 17.9 Å². The van der Waals surface area contributed by atoms with Gasteiger partial charge in [-0.2, -0.15) is 5.10 Å². The van der Waals surface area contributed by atoms with Gasteiger partial charge in [-0.3, -0.25) is 9.48 Å². The first-order valence-corrected chi connectivity index (χ1v) is 5.52. The van der Waals surface area contributed by atoms with Crippen LogP contribution in [0.3, 0.4) is 0 Å². The van der Waals surface area contributed by atoms with Crippen molar-refractivity contribution in [1.82, 2.24) is 9.78 Å².